The third-order valence-corrected chi connectivity index (χ3v) is 12.0. The van der Waals surface area contributed by atoms with Crippen LogP contribution in [0.3, 0.4) is 0 Å². The quantitative estimate of drug-likeness (QED) is 0.174. The average molecular weight is 555 g/mol. The molecule has 11 atom stereocenters. The zero-order chi connectivity index (χ0) is 29.0. The molecule has 0 bridgehead atoms. The van der Waals surface area contributed by atoms with Gasteiger partial charge in [0, 0.05) is 31.8 Å². The molecule has 11 nitrogen and oxygen atoms in total. The lowest BCUT2D eigenvalue weighted by Gasteiger charge is -2.67. The van der Waals surface area contributed by atoms with E-state index < -0.39 is 82.6 Å². The van der Waals surface area contributed by atoms with Gasteiger partial charge in [-0.15, -0.1) is 0 Å². The van der Waals surface area contributed by atoms with Crippen molar-refractivity contribution in [2.75, 3.05) is 13.7 Å². The number of rotatable bonds is 4. The van der Waals surface area contributed by atoms with Gasteiger partial charge in [-0.1, -0.05) is 12.5 Å². The molecule has 0 radical (unpaired) electrons. The fourth-order valence-electron chi connectivity index (χ4n) is 9.51. The number of carbonyl (C=O) groups excluding carboxylic acids is 2. The molecule has 0 aromatic rings. The maximum absolute atomic E-state index is 13.4. The second-order valence-electron chi connectivity index (χ2n) is 13.1. The van der Waals surface area contributed by atoms with Crippen LogP contribution in [0.4, 0.5) is 0 Å². The van der Waals surface area contributed by atoms with Gasteiger partial charge >= 0.3 is 5.97 Å². The van der Waals surface area contributed by atoms with Gasteiger partial charge in [0.05, 0.1) is 29.8 Å². The lowest BCUT2D eigenvalue weighted by Crippen LogP contribution is -2.77. The topological polar surface area (TPSA) is 194 Å². The van der Waals surface area contributed by atoms with Crippen molar-refractivity contribution in [2.45, 2.75) is 113 Å². The summed E-state index contributed by atoms with van der Waals surface area (Å²) in [5.41, 5.74) is -8.64. The maximum Gasteiger partial charge on any atom is 0.336 e. The monoisotopic (exact) mass is 554 g/mol. The van der Waals surface area contributed by atoms with E-state index in [1.807, 2.05) is 0 Å². The summed E-state index contributed by atoms with van der Waals surface area (Å²) in [6.45, 7) is 4.21. The summed E-state index contributed by atoms with van der Waals surface area (Å²) >= 11 is 0. The predicted octanol–water partition coefficient (Wildman–Crippen LogP) is -0.540. The van der Waals surface area contributed by atoms with Crippen molar-refractivity contribution in [2.24, 2.45) is 22.7 Å². The van der Waals surface area contributed by atoms with Crippen LogP contribution in [0.25, 0.3) is 0 Å². The number of carbonyl (C=O) groups is 2. The lowest BCUT2D eigenvalue weighted by atomic mass is 9.40. The van der Waals surface area contributed by atoms with E-state index in [1.54, 1.807) is 13.8 Å². The van der Waals surface area contributed by atoms with E-state index >= 15 is 0 Å². The number of cyclic esters (lactones) is 1. The number of hydrogen-bond donors (Lipinski definition) is 7. The van der Waals surface area contributed by atoms with Crippen LogP contribution in [0.15, 0.2) is 11.1 Å². The minimum absolute atomic E-state index is 0.0380. The molecule has 0 amide bonds. The van der Waals surface area contributed by atoms with Crippen LogP contribution in [0.2, 0.25) is 0 Å². The molecule has 1 aliphatic heterocycles. The largest absolute Gasteiger partial charge is 0.453 e. The highest BCUT2D eigenvalue weighted by atomic mass is 16.7. The van der Waals surface area contributed by atoms with Crippen LogP contribution in [0, 0.1) is 22.7 Å². The predicted molar refractivity (Wildman–Crippen MR) is 134 cm³/mol. The Morgan fingerprint density at radius 3 is 2.33 bits per heavy atom. The SMILES string of the molecule is CO[C@@](O)([C@H]1CC(C)=C(CO)C(=O)O1)[C@]1(O)C[C@H](O)[C@@]2(O)[C@@H]3C[C@@H](O)[C@@]4(O)CCCC(=O)[C@]4(C)[C@H]3CC[C@@]21C. The van der Waals surface area contributed by atoms with Gasteiger partial charge in [0.2, 0.25) is 5.79 Å². The second-order valence-corrected chi connectivity index (χ2v) is 13.1. The zero-order valence-corrected chi connectivity index (χ0v) is 23.0. The molecular weight excluding hydrogens is 512 g/mol. The van der Waals surface area contributed by atoms with Gasteiger partial charge in [0.25, 0.3) is 0 Å². The zero-order valence-electron chi connectivity index (χ0n) is 23.0. The Balaban J connectivity index is 1.60. The van der Waals surface area contributed by atoms with Crippen LogP contribution in [0.5, 0.6) is 0 Å². The molecule has 5 aliphatic rings. The van der Waals surface area contributed by atoms with Crippen molar-refractivity contribution in [3.63, 3.8) is 0 Å². The van der Waals surface area contributed by atoms with E-state index in [0.29, 0.717) is 12.0 Å². The van der Waals surface area contributed by atoms with Crippen LogP contribution < -0.4 is 0 Å². The van der Waals surface area contributed by atoms with Crippen LogP contribution in [-0.2, 0) is 19.1 Å². The van der Waals surface area contributed by atoms with E-state index in [4.69, 9.17) is 9.47 Å². The average Bonchev–Trinajstić information content (AvgIpc) is 3.04. The van der Waals surface area contributed by atoms with Crippen molar-refractivity contribution >= 4 is 11.8 Å². The van der Waals surface area contributed by atoms with Crippen molar-refractivity contribution in [1.29, 1.82) is 0 Å². The normalized spacial score (nSPS) is 51.5. The van der Waals surface area contributed by atoms with Crippen molar-refractivity contribution < 1.29 is 54.8 Å². The van der Waals surface area contributed by atoms with Crippen LogP contribution >= 0.6 is 0 Å². The third kappa shape index (κ3) is 3.16. The fraction of sp³-hybridized carbons (Fsp3) is 0.857. The highest BCUT2D eigenvalue weighted by Gasteiger charge is 2.82. The molecule has 0 saturated heterocycles. The fourth-order valence-corrected chi connectivity index (χ4v) is 9.51. The smallest absolute Gasteiger partial charge is 0.336 e. The molecule has 39 heavy (non-hydrogen) atoms. The molecule has 7 N–H and O–H groups in total. The number of aliphatic hydroxyl groups excluding tert-OH is 3. The van der Waals surface area contributed by atoms with Gasteiger partial charge in [-0.25, -0.2) is 4.79 Å². The summed E-state index contributed by atoms with van der Waals surface area (Å²) in [4.78, 5) is 26.0. The first-order chi connectivity index (χ1) is 18.0. The van der Waals surface area contributed by atoms with Gasteiger partial charge in [-0.05, 0) is 57.8 Å². The van der Waals surface area contributed by atoms with E-state index in [-0.39, 0.29) is 49.9 Å². The second kappa shape index (κ2) is 8.78. The van der Waals surface area contributed by atoms with E-state index in [9.17, 15) is 45.3 Å². The van der Waals surface area contributed by atoms with Gasteiger partial charge in [0.15, 0.2) is 6.10 Å². The minimum Gasteiger partial charge on any atom is -0.453 e. The molecule has 5 rings (SSSR count). The molecule has 4 fully saturated rings. The molecule has 0 spiro atoms. The lowest BCUT2D eigenvalue weighted by molar-refractivity contribution is -0.370. The molecule has 220 valence electrons. The molecule has 11 heteroatoms. The minimum atomic E-state index is -2.57. The summed E-state index contributed by atoms with van der Waals surface area (Å²) in [6, 6.07) is 0. The number of fused-ring (bicyclic) bond motifs is 5. The van der Waals surface area contributed by atoms with Gasteiger partial charge in [0.1, 0.15) is 22.6 Å². The molecular formula is C28H42O11. The van der Waals surface area contributed by atoms with Crippen molar-refractivity contribution in [3.05, 3.63) is 11.1 Å². The Hall–Kier alpha value is -1.44. The maximum atomic E-state index is 13.4. The number of Topliss-reactive ketones (excluding diaryl/α,β-unsaturated/α-hetero) is 1. The van der Waals surface area contributed by atoms with Gasteiger partial charge in [-0.2, -0.15) is 0 Å². The number of ether oxygens (including phenoxy) is 2. The van der Waals surface area contributed by atoms with E-state index in [1.165, 1.54) is 6.92 Å². The van der Waals surface area contributed by atoms with Crippen molar-refractivity contribution in [3.8, 4) is 0 Å². The number of ketones is 1. The standard InChI is InChI=1S/C28H42O11/c1-14-10-21(39-22(33)15(14)13-29)28(37,38-4)26(35)12-20(32)27(36)17-11-19(31)25(34)8-5-6-18(30)24(25,3)16(17)7-9-23(26,27)2/h16-17,19-21,29,31-32,34-37H,5-13H2,1-4H3/t16-,17+,19+,20-,21+,23+,24-,25-,26-,27-,28-/m0/s1. The summed E-state index contributed by atoms with van der Waals surface area (Å²) in [5.74, 6) is -5.15. The summed E-state index contributed by atoms with van der Waals surface area (Å²) in [7, 11) is 1.14. The van der Waals surface area contributed by atoms with Crippen LogP contribution in [0.1, 0.15) is 72.1 Å². The van der Waals surface area contributed by atoms with Crippen LogP contribution in [-0.4, -0.2) is 102 Å². The number of hydrogen-bond acceptors (Lipinski definition) is 11. The van der Waals surface area contributed by atoms with Crippen molar-refractivity contribution in [1.82, 2.24) is 0 Å². The van der Waals surface area contributed by atoms with Gasteiger partial charge < -0.3 is 45.2 Å². The number of methoxy groups -OCH3 is 1. The Bertz CT molecular complexity index is 1110. The molecule has 0 aromatic heterocycles. The summed E-state index contributed by atoms with van der Waals surface area (Å²) in [6.07, 6.45) is -3.89. The molecule has 4 saturated carbocycles. The first-order valence-corrected chi connectivity index (χ1v) is 13.9. The van der Waals surface area contributed by atoms with E-state index in [0.717, 1.165) is 7.11 Å². The molecule has 0 aromatic carbocycles. The summed E-state index contributed by atoms with van der Waals surface area (Å²) in [5, 5.41) is 80.7. The van der Waals surface area contributed by atoms with Gasteiger partial charge in [-0.3, -0.25) is 4.79 Å². The highest BCUT2D eigenvalue weighted by Crippen LogP contribution is 2.71. The highest BCUT2D eigenvalue weighted by molar-refractivity contribution is 5.90. The molecule has 0 unspecified atom stereocenters. The summed E-state index contributed by atoms with van der Waals surface area (Å²) < 4.78 is 11.0. The Kier molecular flexibility index (Phi) is 6.54. The Labute approximate surface area is 227 Å². The first kappa shape index (κ1) is 29.1. The number of esters is 1. The Morgan fingerprint density at radius 1 is 1.08 bits per heavy atom. The first-order valence-electron chi connectivity index (χ1n) is 13.9. The molecule has 1 heterocycles. The van der Waals surface area contributed by atoms with E-state index in [2.05, 4.69) is 0 Å². The number of aliphatic hydroxyl groups is 7. The Morgan fingerprint density at radius 2 is 1.74 bits per heavy atom. The third-order valence-electron chi connectivity index (χ3n) is 12.0. The molecule has 4 aliphatic carbocycles.